The maximum Gasteiger partial charge on any atom is 0.149 e. The van der Waals surface area contributed by atoms with E-state index in [0.717, 1.165) is 11.3 Å². The van der Waals surface area contributed by atoms with E-state index in [1.54, 1.807) is 12.1 Å². The van der Waals surface area contributed by atoms with E-state index in [1.165, 1.54) is 6.07 Å². The van der Waals surface area contributed by atoms with Crippen LogP contribution in [0.25, 0.3) is 10.9 Å². The minimum Gasteiger partial charge on any atom is -0.250 e. The van der Waals surface area contributed by atoms with E-state index in [1.807, 2.05) is 6.92 Å². The van der Waals surface area contributed by atoms with Crippen molar-refractivity contribution in [1.82, 2.24) is 4.98 Å². The number of aromatic nitrogens is 1. The van der Waals surface area contributed by atoms with Gasteiger partial charge in [0.1, 0.15) is 11.3 Å². The molecule has 16 heavy (non-hydrogen) atoms. The molecule has 0 amide bonds. The van der Waals surface area contributed by atoms with Gasteiger partial charge in [-0.3, -0.25) is 0 Å². The second-order valence-electron chi connectivity index (χ2n) is 4.22. The third kappa shape index (κ3) is 1.67. The van der Waals surface area contributed by atoms with Crippen LogP contribution in [0.15, 0.2) is 18.2 Å². The van der Waals surface area contributed by atoms with Crippen molar-refractivity contribution in [2.75, 3.05) is 0 Å². The average molecular weight is 238 g/mol. The highest BCUT2D eigenvalue weighted by atomic mass is 35.5. The van der Waals surface area contributed by atoms with Crippen LogP contribution in [0.1, 0.15) is 31.0 Å². The summed E-state index contributed by atoms with van der Waals surface area (Å²) in [6, 6.07) is 4.86. The molecule has 0 saturated carbocycles. The van der Waals surface area contributed by atoms with E-state index >= 15 is 0 Å². The minimum absolute atomic E-state index is 0.285. The summed E-state index contributed by atoms with van der Waals surface area (Å²) in [6.45, 7) is 5.98. The third-order valence-corrected chi connectivity index (χ3v) is 3.11. The molecule has 84 valence electrons. The lowest BCUT2D eigenvalue weighted by molar-refractivity contribution is 0.636. The van der Waals surface area contributed by atoms with Crippen LogP contribution in [0.5, 0.6) is 0 Å². The second-order valence-corrected chi connectivity index (χ2v) is 4.59. The molecule has 0 aliphatic rings. The van der Waals surface area contributed by atoms with Crippen LogP contribution < -0.4 is 0 Å². The van der Waals surface area contributed by atoms with E-state index in [-0.39, 0.29) is 11.7 Å². The monoisotopic (exact) mass is 237 g/mol. The van der Waals surface area contributed by atoms with Crippen molar-refractivity contribution in [3.8, 4) is 0 Å². The number of benzene rings is 1. The predicted octanol–water partition coefficient (Wildman–Crippen LogP) is 4.46. The summed E-state index contributed by atoms with van der Waals surface area (Å²) < 4.78 is 13.6. The summed E-state index contributed by atoms with van der Waals surface area (Å²) in [4.78, 5) is 4.30. The molecule has 2 rings (SSSR count). The Kier molecular flexibility index (Phi) is 2.85. The molecule has 0 bridgehead atoms. The van der Waals surface area contributed by atoms with Crippen LogP contribution in [0.3, 0.4) is 0 Å². The number of para-hydroxylation sites is 1. The molecule has 0 N–H and O–H groups in total. The number of hydrogen-bond donors (Lipinski definition) is 0. The fourth-order valence-electron chi connectivity index (χ4n) is 2.01. The number of fused-ring (bicyclic) bond motifs is 1. The largest absolute Gasteiger partial charge is 0.250 e. The Morgan fingerprint density at radius 2 is 2.00 bits per heavy atom. The minimum atomic E-state index is -0.321. The van der Waals surface area contributed by atoms with Crippen LogP contribution in [-0.2, 0) is 0 Å². The molecule has 0 radical (unpaired) electrons. The Balaban J connectivity index is 2.89. The van der Waals surface area contributed by atoms with Gasteiger partial charge in [0.2, 0.25) is 0 Å². The van der Waals surface area contributed by atoms with Crippen LogP contribution in [0.2, 0.25) is 5.02 Å². The standard InChI is InChI=1S/C13H13ClFN/c1-7(2)11-8(3)16-13-9(12(11)14)5-4-6-10(13)15/h4-7H,1-3H3. The number of halogens is 2. The molecule has 0 unspecified atom stereocenters. The van der Waals surface area contributed by atoms with Gasteiger partial charge in [-0.2, -0.15) is 0 Å². The number of pyridine rings is 1. The lowest BCUT2D eigenvalue weighted by Gasteiger charge is -2.13. The first-order chi connectivity index (χ1) is 7.52. The van der Waals surface area contributed by atoms with Crippen molar-refractivity contribution in [2.45, 2.75) is 26.7 Å². The normalized spacial score (nSPS) is 11.4. The van der Waals surface area contributed by atoms with Gasteiger partial charge in [0.15, 0.2) is 0 Å². The Morgan fingerprint density at radius 3 is 2.62 bits per heavy atom. The molecule has 1 nitrogen and oxygen atoms in total. The van der Waals surface area contributed by atoms with Gasteiger partial charge >= 0.3 is 0 Å². The van der Waals surface area contributed by atoms with Crippen molar-refractivity contribution >= 4 is 22.5 Å². The second kappa shape index (κ2) is 4.02. The van der Waals surface area contributed by atoms with Gasteiger partial charge in [-0.1, -0.05) is 37.6 Å². The van der Waals surface area contributed by atoms with Gasteiger partial charge < -0.3 is 0 Å². The Morgan fingerprint density at radius 1 is 1.31 bits per heavy atom. The molecule has 1 aromatic heterocycles. The molecular formula is C13H13ClFN. The topological polar surface area (TPSA) is 12.9 Å². The smallest absolute Gasteiger partial charge is 0.149 e. The molecule has 0 saturated heterocycles. The van der Waals surface area contributed by atoms with E-state index < -0.39 is 0 Å². The van der Waals surface area contributed by atoms with Crippen molar-refractivity contribution in [3.63, 3.8) is 0 Å². The van der Waals surface area contributed by atoms with Crippen molar-refractivity contribution in [3.05, 3.63) is 40.3 Å². The van der Waals surface area contributed by atoms with E-state index in [9.17, 15) is 4.39 Å². The number of rotatable bonds is 1. The first-order valence-corrected chi connectivity index (χ1v) is 5.64. The Hall–Kier alpha value is -1.15. The van der Waals surface area contributed by atoms with Crippen LogP contribution in [-0.4, -0.2) is 4.98 Å². The fourth-order valence-corrected chi connectivity index (χ4v) is 2.52. The summed E-state index contributed by atoms with van der Waals surface area (Å²) >= 11 is 6.31. The van der Waals surface area contributed by atoms with Gasteiger partial charge in [-0.25, -0.2) is 9.37 Å². The van der Waals surface area contributed by atoms with Crippen LogP contribution in [0, 0.1) is 12.7 Å². The molecule has 1 heterocycles. The van der Waals surface area contributed by atoms with Crippen molar-refractivity contribution < 1.29 is 4.39 Å². The fraction of sp³-hybridized carbons (Fsp3) is 0.308. The van der Waals surface area contributed by atoms with Gasteiger partial charge in [0, 0.05) is 11.1 Å². The van der Waals surface area contributed by atoms with Crippen molar-refractivity contribution in [1.29, 1.82) is 0 Å². The quantitative estimate of drug-likeness (QED) is 0.714. The molecular weight excluding hydrogens is 225 g/mol. The molecule has 0 spiro atoms. The van der Waals surface area contributed by atoms with Gasteiger partial charge in [0.25, 0.3) is 0 Å². The number of aryl methyl sites for hydroxylation is 1. The first kappa shape index (κ1) is 11.3. The molecule has 1 aromatic carbocycles. The molecule has 0 fully saturated rings. The highest BCUT2D eigenvalue weighted by molar-refractivity contribution is 6.36. The number of hydrogen-bond acceptors (Lipinski definition) is 1. The third-order valence-electron chi connectivity index (χ3n) is 2.71. The lowest BCUT2D eigenvalue weighted by Crippen LogP contribution is -1.99. The van der Waals surface area contributed by atoms with Crippen LogP contribution in [0.4, 0.5) is 4.39 Å². The average Bonchev–Trinajstić information content (AvgIpc) is 2.19. The van der Waals surface area contributed by atoms with Gasteiger partial charge in [0.05, 0.1) is 5.02 Å². The lowest BCUT2D eigenvalue weighted by atomic mass is 9.99. The summed E-state index contributed by atoms with van der Waals surface area (Å²) in [6.07, 6.45) is 0. The summed E-state index contributed by atoms with van der Waals surface area (Å²) in [5.41, 5.74) is 2.16. The summed E-state index contributed by atoms with van der Waals surface area (Å²) in [5, 5.41) is 1.31. The zero-order valence-corrected chi connectivity index (χ0v) is 10.3. The number of nitrogens with zero attached hydrogens (tertiary/aromatic N) is 1. The first-order valence-electron chi connectivity index (χ1n) is 5.26. The van der Waals surface area contributed by atoms with Gasteiger partial charge in [-0.05, 0) is 24.5 Å². The molecule has 0 aliphatic carbocycles. The van der Waals surface area contributed by atoms with Gasteiger partial charge in [-0.15, -0.1) is 0 Å². The highest BCUT2D eigenvalue weighted by Gasteiger charge is 2.15. The summed E-state index contributed by atoms with van der Waals surface area (Å²) in [5.74, 6) is -0.0366. The summed E-state index contributed by atoms with van der Waals surface area (Å²) in [7, 11) is 0. The maximum absolute atomic E-state index is 13.6. The van der Waals surface area contributed by atoms with E-state index in [4.69, 9.17) is 11.6 Å². The maximum atomic E-state index is 13.6. The molecule has 3 heteroatoms. The Labute approximate surface area is 99.3 Å². The molecule has 2 aromatic rings. The zero-order chi connectivity index (χ0) is 11.9. The van der Waals surface area contributed by atoms with Crippen LogP contribution >= 0.6 is 11.6 Å². The Bertz CT molecular complexity index is 549. The van der Waals surface area contributed by atoms with Crippen molar-refractivity contribution in [2.24, 2.45) is 0 Å². The zero-order valence-electron chi connectivity index (χ0n) is 9.51. The predicted molar refractivity (Wildman–Crippen MR) is 65.5 cm³/mol. The molecule has 0 aliphatic heterocycles. The SMILES string of the molecule is Cc1nc2c(F)cccc2c(Cl)c1C(C)C. The molecule has 0 atom stereocenters. The van der Waals surface area contributed by atoms with E-state index in [0.29, 0.717) is 15.9 Å². The highest BCUT2D eigenvalue weighted by Crippen LogP contribution is 2.33. The van der Waals surface area contributed by atoms with E-state index in [2.05, 4.69) is 18.8 Å².